The van der Waals surface area contributed by atoms with Gasteiger partial charge in [0.25, 0.3) is 0 Å². The van der Waals surface area contributed by atoms with Crippen molar-refractivity contribution in [3.05, 3.63) is 24.2 Å². The molecule has 1 rings (SSSR count). The summed E-state index contributed by atoms with van der Waals surface area (Å²) >= 11 is 0. The molecule has 0 unspecified atom stereocenters. The minimum absolute atomic E-state index is 0.660. The molecule has 0 aliphatic heterocycles. The smallest absolute Gasteiger partial charge is 0.119 e. The number of furan rings is 1. The van der Waals surface area contributed by atoms with Crippen LogP contribution < -0.4 is 5.84 Å². The Hall–Kier alpha value is -0.800. The number of rotatable bonds is 2. The van der Waals surface area contributed by atoms with Gasteiger partial charge in [-0.25, -0.2) is 5.01 Å². The van der Waals surface area contributed by atoms with Crippen LogP contribution >= 0.6 is 0 Å². The van der Waals surface area contributed by atoms with Crippen LogP contribution in [0.25, 0.3) is 0 Å². The summed E-state index contributed by atoms with van der Waals surface area (Å²) in [6.45, 7) is 0.660. The van der Waals surface area contributed by atoms with Crippen molar-refractivity contribution < 1.29 is 4.42 Å². The molecule has 0 amide bonds. The van der Waals surface area contributed by atoms with Gasteiger partial charge >= 0.3 is 0 Å². The van der Waals surface area contributed by atoms with E-state index in [1.807, 2.05) is 12.1 Å². The lowest BCUT2D eigenvalue weighted by molar-refractivity contribution is 0.305. The molecule has 0 aliphatic carbocycles. The summed E-state index contributed by atoms with van der Waals surface area (Å²) in [6, 6.07) is 3.74. The second-order valence-electron chi connectivity index (χ2n) is 1.99. The van der Waals surface area contributed by atoms with E-state index in [0.717, 1.165) is 5.76 Å². The van der Waals surface area contributed by atoms with Crippen molar-refractivity contribution in [3.63, 3.8) is 0 Å². The van der Waals surface area contributed by atoms with Crippen LogP contribution in [-0.4, -0.2) is 12.1 Å². The molecular formula is C6H10N2O. The third-order valence-corrected chi connectivity index (χ3v) is 0.985. The van der Waals surface area contributed by atoms with E-state index in [2.05, 4.69) is 0 Å². The van der Waals surface area contributed by atoms with Crippen molar-refractivity contribution in [2.75, 3.05) is 7.05 Å². The van der Waals surface area contributed by atoms with Crippen LogP contribution in [0.15, 0.2) is 22.8 Å². The van der Waals surface area contributed by atoms with E-state index in [1.54, 1.807) is 18.3 Å². The maximum absolute atomic E-state index is 5.36. The van der Waals surface area contributed by atoms with Gasteiger partial charge < -0.3 is 4.42 Å². The summed E-state index contributed by atoms with van der Waals surface area (Å²) in [7, 11) is 1.79. The maximum Gasteiger partial charge on any atom is 0.119 e. The minimum atomic E-state index is 0.660. The third-order valence-electron chi connectivity index (χ3n) is 0.985. The number of nitrogens with two attached hydrogens (primary N) is 1. The van der Waals surface area contributed by atoms with Gasteiger partial charge in [-0.05, 0) is 12.1 Å². The van der Waals surface area contributed by atoms with Crippen LogP contribution in [-0.2, 0) is 6.54 Å². The topological polar surface area (TPSA) is 42.4 Å². The van der Waals surface area contributed by atoms with Gasteiger partial charge in [0.2, 0.25) is 0 Å². The molecule has 9 heavy (non-hydrogen) atoms. The van der Waals surface area contributed by atoms with Crippen molar-refractivity contribution in [1.82, 2.24) is 5.01 Å². The van der Waals surface area contributed by atoms with Gasteiger partial charge in [0.15, 0.2) is 0 Å². The molecule has 3 nitrogen and oxygen atoms in total. The second-order valence-corrected chi connectivity index (χ2v) is 1.99. The highest BCUT2D eigenvalue weighted by molar-refractivity contribution is 4.96. The van der Waals surface area contributed by atoms with Crippen LogP contribution in [0.3, 0.4) is 0 Å². The molecule has 0 spiro atoms. The molecular weight excluding hydrogens is 116 g/mol. The van der Waals surface area contributed by atoms with E-state index < -0.39 is 0 Å². The lowest BCUT2D eigenvalue weighted by atomic mass is 10.4. The van der Waals surface area contributed by atoms with Gasteiger partial charge in [0, 0.05) is 7.05 Å². The van der Waals surface area contributed by atoms with E-state index in [9.17, 15) is 0 Å². The fourth-order valence-corrected chi connectivity index (χ4v) is 0.648. The first-order valence-corrected chi connectivity index (χ1v) is 2.77. The Morgan fingerprint density at radius 3 is 3.00 bits per heavy atom. The number of nitrogens with zero attached hydrogens (tertiary/aromatic N) is 1. The minimum Gasteiger partial charge on any atom is -0.468 e. The monoisotopic (exact) mass is 126 g/mol. The standard InChI is InChI=1S/C6H10N2O/c1-8(7)5-6-3-2-4-9-6/h2-4H,5,7H2,1H3. The van der Waals surface area contributed by atoms with Crippen LogP contribution in [0.4, 0.5) is 0 Å². The summed E-state index contributed by atoms with van der Waals surface area (Å²) in [5, 5.41) is 1.57. The van der Waals surface area contributed by atoms with Gasteiger partial charge in [-0.2, -0.15) is 0 Å². The van der Waals surface area contributed by atoms with Crippen LogP contribution in [0.1, 0.15) is 5.76 Å². The van der Waals surface area contributed by atoms with Crippen LogP contribution in [0.5, 0.6) is 0 Å². The Balaban J connectivity index is 2.48. The van der Waals surface area contributed by atoms with Crippen molar-refractivity contribution in [2.24, 2.45) is 5.84 Å². The summed E-state index contributed by atoms with van der Waals surface area (Å²) in [5.74, 6) is 6.25. The Morgan fingerprint density at radius 2 is 2.56 bits per heavy atom. The molecule has 2 N–H and O–H groups in total. The SMILES string of the molecule is CN(N)Cc1ccco1. The lowest BCUT2D eigenvalue weighted by Crippen LogP contribution is -2.24. The highest BCUT2D eigenvalue weighted by atomic mass is 16.3. The molecule has 1 heterocycles. The van der Waals surface area contributed by atoms with E-state index in [1.165, 1.54) is 0 Å². The zero-order valence-corrected chi connectivity index (χ0v) is 5.37. The van der Waals surface area contributed by atoms with Crippen LogP contribution in [0, 0.1) is 0 Å². The van der Waals surface area contributed by atoms with E-state index in [-0.39, 0.29) is 0 Å². The molecule has 0 atom stereocenters. The fraction of sp³-hybridized carbons (Fsp3) is 0.333. The van der Waals surface area contributed by atoms with Gasteiger partial charge in [-0.15, -0.1) is 0 Å². The first-order chi connectivity index (χ1) is 4.29. The molecule has 50 valence electrons. The summed E-state index contributed by atoms with van der Waals surface area (Å²) in [5.41, 5.74) is 0. The Morgan fingerprint density at radius 1 is 1.78 bits per heavy atom. The van der Waals surface area contributed by atoms with Crippen LogP contribution in [0.2, 0.25) is 0 Å². The highest BCUT2D eigenvalue weighted by Gasteiger charge is 1.94. The molecule has 0 saturated carbocycles. The second kappa shape index (κ2) is 2.66. The van der Waals surface area contributed by atoms with E-state index >= 15 is 0 Å². The number of hydrazine groups is 1. The van der Waals surface area contributed by atoms with Gasteiger partial charge in [0.05, 0.1) is 12.8 Å². The van der Waals surface area contributed by atoms with Crippen molar-refractivity contribution in [3.8, 4) is 0 Å². The largest absolute Gasteiger partial charge is 0.468 e. The molecule has 0 aliphatic rings. The predicted molar refractivity (Wildman–Crippen MR) is 34.4 cm³/mol. The third kappa shape index (κ3) is 1.87. The van der Waals surface area contributed by atoms with Gasteiger partial charge in [0.1, 0.15) is 5.76 Å². The van der Waals surface area contributed by atoms with E-state index in [0.29, 0.717) is 6.54 Å². The molecule has 1 aromatic heterocycles. The average molecular weight is 126 g/mol. The molecule has 0 fully saturated rings. The number of hydrogen-bond acceptors (Lipinski definition) is 3. The zero-order chi connectivity index (χ0) is 6.69. The Kier molecular flexibility index (Phi) is 1.87. The normalized spacial score (nSPS) is 10.6. The summed E-state index contributed by atoms with van der Waals surface area (Å²) in [6.07, 6.45) is 1.64. The average Bonchev–Trinajstić information content (AvgIpc) is 2.15. The molecule has 1 aromatic rings. The number of hydrogen-bond donors (Lipinski definition) is 1. The first-order valence-electron chi connectivity index (χ1n) is 2.77. The Labute approximate surface area is 54.0 Å². The highest BCUT2D eigenvalue weighted by Crippen LogP contribution is 1.99. The fourth-order valence-electron chi connectivity index (χ4n) is 0.648. The van der Waals surface area contributed by atoms with Gasteiger partial charge in [-0.3, -0.25) is 5.84 Å². The lowest BCUT2D eigenvalue weighted by Gasteiger charge is -2.04. The predicted octanol–water partition coefficient (Wildman–Crippen LogP) is 0.585. The van der Waals surface area contributed by atoms with Crippen molar-refractivity contribution in [1.29, 1.82) is 0 Å². The zero-order valence-electron chi connectivity index (χ0n) is 5.37. The summed E-state index contributed by atoms with van der Waals surface area (Å²) in [4.78, 5) is 0. The quantitative estimate of drug-likeness (QED) is 0.465. The Bertz CT molecular complexity index is 158. The summed E-state index contributed by atoms with van der Waals surface area (Å²) < 4.78 is 5.02. The molecule has 3 heteroatoms. The van der Waals surface area contributed by atoms with Crippen molar-refractivity contribution in [2.45, 2.75) is 6.54 Å². The van der Waals surface area contributed by atoms with Crippen molar-refractivity contribution >= 4 is 0 Å². The first kappa shape index (κ1) is 6.32. The molecule has 0 radical (unpaired) electrons. The maximum atomic E-state index is 5.36. The molecule has 0 aromatic carbocycles. The molecule has 0 bridgehead atoms. The molecule has 0 saturated heterocycles. The van der Waals surface area contributed by atoms with Gasteiger partial charge in [-0.1, -0.05) is 0 Å². The van der Waals surface area contributed by atoms with E-state index in [4.69, 9.17) is 10.3 Å².